The van der Waals surface area contributed by atoms with E-state index in [-0.39, 0.29) is 5.82 Å². The largest absolute Gasteiger partial charge is 0.317 e. The highest BCUT2D eigenvalue weighted by Crippen LogP contribution is 2.38. The van der Waals surface area contributed by atoms with Gasteiger partial charge in [-0.1, -0.05) is 41.6 Å². The van der Waals surface area contributed by atoms with E-state index in [2.05, 4.69) is 23.5 Å². The summed E-state index contributed by atoms with van der Waals surface area (Å²) in [6.07, 6.45) is 2.28. The molecule has 0 radical (unpaired) electrons. The molecule has 2 aromatic rings. The van der Waals surface area contributed by atoms with E-state index in [1.54, 1.807) is 12.1 Å². The van der Waals surface area contributed by atoms with Crippen LogP contribution in [0.2, 0.25) is 5.02 Å². The fourth-order valence-corrected chi connectivity index (χ4v) is 3.91. The van der Waals surface area contributed by atoms with E-state index in [4.69, 9.17) is 11.6 Å². The molecule has 110 valence electrons. The van der Waals surface area contributed by atoms with Crippen molar-refractivity contribution >= 4 is 23.4 Å². The summed E-state index contributed by atoms with van der Waals surface area (Å²) in [5, 5.41) is 3.82. The molecule has 0 aromatic heterocycles. The first-order valence-electron chi connectivity index (χ1n) is 7.16. The maximum Gasteiger partial charge on any atom is 0.138 e. The zero-order chi connectivity index (χ0) is 14.7. The third-order valence-corrected chi connectivity index (χ3v) is 5.19. The van der Waals surface area contributed by atoms with Gasteiger partial charge in [0.2, 0.25) is 0 Å². The Labute approximate surface area is 133 Å². The summed E-state index contributed by atoms with van der Waals surface area (Å²) in [5.41, 5.74) is 1.33. The van der Waals surface area contributed by atoms with Gasteiger partial charge in [0.05, 0.1) is 0 Å². The Morgan fingerprint density at radius 3 is 2.57 bits per heavy atom. The molecule has 0 saturated carbocycles. The quantitative estimate of drug-likeness (QED) is 0.844. The molecular weight excluding hydrogens is 305 g/mol. The molecule has 1 N–H and O–H groups in total. The molecular formula is C17H17ClFNS. The van der Waals surface area contributed by atoms with Crippen LogP contribution in [-0.2, 0) is 0 Å². The van der Waals surface area contributed by atoms with Crippen LogP contribution < -0.4 is 5.32 Å². The molecule has 1 heterocycles. The van der Waals surface area contributed by atoms with Crippen molar-refractivity contribution < 1.29 is 4.39 Å². The van der Waals surface area contributed by atoms with Crippen molar-refractivity contribution in [2.45, 2.75) is 28.6 Å². The summed E-state index contributed by atoms with van der Waals surface area (Å²) in [4.78, 5) is 1.77. The second-order valence-corrected chi connectivity index (χ2v) is 6.76. The van der Waals surface area contributed by atoms with Crippen molar-refractivity contribution in [2.75, 3.05) is 13.1 Å². The molecule has 1 nitrogen and oxygen atoms in total. The molecule has 1 saturated heterocycles. The van der Waals surface area contributed by atoms with Gasteiger partial charge in [-0.3, -0.25) is 0 Å². The van der Waals surface area contributed by atoms with Gasteiger partial charge in [-0.25, -0.2) is 4.39 Å². The van der Waals surface area contributed by atoms with Gasteiger partial charge in [0.15, 0.2) is 0 Å². The van der Waals surface area contributed by atoms with E-state index in [9.17, 15) is 4.39 Å². The summed E-state index contributed by atoms with van der Waals surface area (Å²) >= 11 is 7.31. The van der Waals surface area contributed by atoms with Crippen molar-refractivity contribution in [3.05, 3.63) is 58.9 Å². The number of halogens is 2. The molecule has 0 atom stereocenters. The normalized spacial score (nSPS) is 16.1. The van der Waals surface area contributed by atoms with Crippen molar-refractivity contribution in [3.63, 3.8) is 0 Å². The molecule has 4 heteroatoms. The molecule has 2 aromatic carbocycles. The van der Waals surface area contributed by atoms with E-state index in [0.29, 0.717) is 15.8 Å². The molecule has 0 amide bonds. The third-order valence-electron chi connectivity index (χ3n) is 3.81. The van der Waals surface area contributed by atoms with E-state index in [1.807, 2.05) is 6.07 Å². The maximum absolute atomic E-state index is 14.0. The molecule has 0 aliphatic carbocycles. The van der Waals surface area contributed by atoms with Gasteiger partial charge < -0.3 is 5.32 Å². The highest BCUT2D eigenvalue weighted by molar-refractivity contribution is 7.99. The molecule has 1 fully saturated rings. The fourth-order valence-electron chi connectivity index (χ4n) is 2.72. The van der Waals surface area contributed by atoms with Gasteiger partial charge >= 0.3 is 0 Å². The second-order valence-electron chi connectivity index (χ2n) is 5.24. The first-order chi connectivity index (χ1) is 10.2. The van der Waals surface area contributed by atoms with Crippen LogP contribution in [0.25, 0.3) is 0 Å². The van der Waals surface area contributed by atoms with E-state index < -0.39 is 0 Å². The zero-order valence-corrected chi connectivity index (χ0v) is 13.2. The van der Waals surface area contributed by atoms with Crippen LogP contribution in [0.1, 0.15) is 24.3 Å². The lowest BCUT2D eigenvalue weighted by Crippen LogP contribution is -2.26. The predicted molar refractivity (Wildman–Crippen MR) is 86.8 cm³/mol. The Morgan fingerprint density at radius 1 is 1.05 bits per heavy atom. The van der Waals surface area contributed by atoms with Crippen molar-refractivity contribution in [2.24, 2.45) is 0 Å². The minimum Gasteiger partial charge on any atom is -0.317 e. The number of piperidine rings is 1. The minimum absolute atomic E-state index is 0.257. The summed E-state index contributed by atoms with van der Waals surface area (Å²) in [5.74, 6) is 0.304. The first kappa shape index (κ1) is 14.9. The Kier molecular flexibility index (Phi) is 4.84. The molecule has 0 spiro atoms. The lowest BCUT2D eigenvalue weighted by molar-refractivity contribution is 0.456. The second kappa shape index (κ2) is 6.82. The van der Waals surface area contributed by atoms with Crippen LogP contribution in [0, 0.1) is 5.82 Å². The average Bonchev–Trinajstić information content (AvgIpc) is 2.51. The summed E-state index contributed by atoms with van der Waals surface area (Å²) in [7, 11) is 0. The first-order valence-corrected chi connectivity index (χ1v) is 8.36. The Hall–Kier alpha value is -1.03. The molecule has 1 aliphatic heterocycles. The number of benzene rings is 2. The highest BCUT2D eigenvalue weighted by Gasteiger charge is 2.19. The lowest BCUT2D eigenvalue weighted by atomic mass is 9.90. The third kappa shape index (κ3) is 3.60. The van der Waals surface area contributed by atoms with E-state index in [0.717, 1.165) is 30.8 Å². The Morgan fingerprint density at radius 2 is 1.81 bits per heavy atom. The van der Waals surface area contributed by atoms with Gasteiger partial charge in [-0.15, -0.1) is 0 Å². The molecule has 21 heavy (non-hydrogen) atoms. The lowest BCUT2D eigenvalue weighted by Gasteiger charge is -2.25. The standard InChI is InChI=1S/C17H17ClFNS/c18-13-5-6-17(15(19)11-13)21-16-4-2-1-3-14(16)12-7-9-20-10-8-12/h1-6,11-12,20H,7-10H2. The summed E-state index contributed by atoms with van der Waals surface area (Å²) in [6.45, 7) is 2.11. The SMILES string of the molecule is Fc1cc(Cl)ccc1Sc1ccccc1C1CCNCC1. The topological polar surface area (TPSA) is 12.0 Å². The van der Waals surface area contributed by atoms with E-state index in [1.165, 1.54) is 23.4 Å². The number of hydrogen-bond donors (Lipinski definition) is 1. The van der Waals surface area contributed by atoms with Crippen LogP contribution in [-0.4, -0.2) is 13.1 Å². The van der Waals surface area contributed by atoms with Gasteiger partial charge in [0.25, 0.3) is 0 Å². The predicted octanol–water partition coefficient (Wildman–Crippen LogP) is 5.10. The van der Waals surface area contributed by atoms with Crippen LogP contribution in [0.3, 0.4) is 0 Å². The average molecular weight is 322 g/mol. The smallest absolute Gasteiger partial charge is 0.138 e. The summed E-state index contributed by atoms with van der Waals surface area (Å²) < 4.78 is 14.0. The Balaban J connectivity index is 1.88. The number of nitrogens with one attached hydrogen (secondary N) is 1. The van der Waals surface area contributed by atoms with Gasteiger partial charge in [0.1, 0.15) is 5.82 Å². The minimum atomic E-state index is -0.257. The fraction of sp³-hybridized carbons (Fsp3) is 0.294. The molecule has 1 aliphatic rings. The molecule has 0 unspecified atom stereocenters. The van der Waals surface area contributed by atoms with Crippen molar-refractivity contribution in [3.8, 4) is 0 Å². The van der Waals surface area contributed by atoms with Crippen molar-refractivity contribution in [1.29, 1.82) is 0 Å². The number of rotatable bonds is 3. The summed E-state index contributed by atoms with van der Waals surface area (Å²) in [6, 6.07) is 13.2. The van der Waals surface area contributed by atoms with Gasteiger partial charge in [-0.2, -0.15) is 0 Å². The van der Waals surface area contributed by atoms with Crippen LogP contribution >= 0.6 is 23.4 Å². The van der Waals surface area contributed by atoms with Gasteiger partial charge in [-0.05, 0) is 61.7 Å². The van der Waals surface area contributed by atoms with Gasteiger partial charge in [0, 0.05) is 14.8 Å². The van der Waals surface area contributed by atoms with Crippen LogP contribution in [0.4, 0.5) is 4.39 Å². The number of hydrogen-bond acceptors (Lipinski definition) is 2. The van der Waals surface area contributed by atoms with Crippen LogP contribution in [0.15, 0.2) is 52.3 Å². The van der Waals surface area contributed by atoms with Crippen molar-refractivity contribution in [1.82, 2.24) is 5.32 Å². The van der Waals surface area contributed by atoms with E-state index >= 15 is 0 Å². The Bertz CT molecular complexity index is 626. The highest BCUT2D eigenvalue weighted by atomic mass is 35.5. The maximum atomic E-state index is 14.0. The molecule has 0 bridgehead atoms. The zero-order valence-electron chi connectivity index (χ0n) is 11.6. The molecule has 3 rings (SSSR count). The monoisotopic (exact) mass is 321 g/mol. The van der Waals surface area contributed by atoms with Crippen LogP contribution in [0.5, 0.6) is 0 Å².